The van der Waals surface area contributed by atoms with Crippen molar-refractivity contribution in [3.05, 3.63) is 53.1 Å². The van der Waals surface area contributed by atoms with Crippen molar-refractivity contribution < 1.29 is 22.6 Å². The van der Waals surface area contributed by atoms with Crippen LogP contribution in [0.15, 0.2) is 24.4 Å². The lowest BCUT2D eigenvalue weighted by Gasteiger charge is -2.29. The quantitative estimate of drug-likeness (QED) is 0.778. The number of fused-ring (bicyclic) bond motifs is 1. The summed E-state index contributed by atoms with van der Waals surface area (Å²) in [5.74, 6) is -0.623. The van der Waals surface area contributed by atoms with Gasteiger partial charge in [-0.3, -0.25) is 9.88 Å². The zero-order chi connectivity index (χ0) is 19.9. The molecule has 2 atom stereocenters. The Bertz CT molecular complexity index is 892. The van der Waals surface area contributed by atoms with Crippen LogP contribution in [0.1, 0.15) is 37.6 Å². The second-order valence-corrected chi connectivity index (χ2v) is 7.98. The molecule has 0 saturated carbocycles. The van der Waals surface area contributed by atoms with E-state index in [4.69, 9.17) is 9.47 Å². The van der Waals surface area contributed by atoms with Gasteiger partial charge in [0.15, 0.2) is 11.5 Å². The average molecular weight is 392 g/mol. The van der Waals surface area contributed by atoms with Gasteiger partial charge < -0.3 is 9.47 Å². The summed E-state index contributed by atoms with van der Waals surface area (Å²) < 4.78 is 52.8. The van der Waals surface area contributed by atoms with Crippen LogP contribution in [0.3, 0.4) is 0 Å². The maximum absolute atomic E-state index is 14.7. The highest BCUT2D eigenvalue weighted by Gasteiger charge is 2.38. The molecule has 0 aliphatic carbocycles. The molecule has 1 aromatic heterocycles. The predicted octanol–water partition coefficient (Wildman–Crippen LogP) is 4.29. The predicted molar refractivity (Wildman–Crippen MR) is 98.0 cm³/mol. The van der Waals surface area contributed by atoms with Crippen molar-refractivity contribution in [1.29, 1.82) is 0 Å². The van der Waals surface area contributed by atoms with Gasteiger partial charge in [-0.15, -0.1) is 0 Å². The van der Waals surface area contributed by atoms with E-state index in [1.165, 1.54) is 6.07 Å². The Kier molecular flexibility index (Phi) is 4.95. The van der Waals surface area contributed by atoms with Crippen molar-refractivity contribution in [3.8, 4) is 11.5 Å². The molecule has 0 N–H and O–H groups in total. The first kappa shape index (κ1) is 19.1. The van der Waals surface area contributed by atoms with Crippen LogP contribution in [0.2, 0.25) is 0 Å². The highest BCUT2D eigenvalue weighted by molar-refractivity contribution is 5.45. The number of aromatic nitrogens is 1. The number of likely N-dealkylation sites (tertiary alicyclic amines) is 1. The highest BCUT2D eigenvalue weighted by atomic mass is 19.1. The lowest BCUT2D eigenvalue weighted by molar-refractivity contribution is 0.168. The Morgan fingerprint density at radius 2 is 1.82 bits per heavy atom. The molecule has 2 aliphatic rings. The summed E-state index contributed by atoms with van der Waals surface area (Å²) in [6.07, 6.45) is 2.27. The van der Waals surface area contributed by atoms with E-state index in [2.05, 4.69) is 16.8 Å². The molecule has 1 fully saturated rings. The van der Waals surface area contributed by atoms with Crippen LogP contribution in [-0.2, 0) is 6.42 Å². The number of hydrogen-bond donors (Lipinski definition) is 0. The maximum atomic E-state index is 14.7. The molecule has 28 heavy (non-hydrogen) atoms. The van der Waals surface area contributed by atoms with Gasteiger partial charge in [-0.2, -0.15) is 0 Å². The van der Waals surface area contributed by atoms with Gasteiger partial charge in [0, 0.05) is 30.3 Å². The molecular weight excluding hydrogens is 369 g/mol. The second kappa shape index (κ2) is 7.28. The van der Waals surface area contributed by atoms with Crippen LogP contribution in [0.4, 0.5) is 13.2 Å². The van der Waals surface area contributed by atoms with Crippen LogP contribution < -0.4 is 9.47 Å². The van der Waals surface area contributed by atoms with E-state index in [1.54, 1.807) is 6.07 Å². The molecule has 7 heteroatoms. The third kappa shape index (κ3) is 3.68. The first-order valence-electron chi connectivity index (χ1n) is 9.48. The third-order valence-corrected chi connectivity index (χ3v) is 5.72. The molecule has 0 amide bonds. The molecule has 150 valence electrons. The summed E-state index contributed by atoms with van der Waals surface area (Å²) in [6, 6.07) is 3.80. The minimum Gasteiger partial charge on any atom is -0.486 e. The molecule has 0 bridgehead atoms. The number of ether oxygens (including phenoxy) is 2. The van der Waals surface area contributed by atoms with Crippen LogP contribution >= 0.6 is 0 Å². The molecule has 1 saturated heterocycles. The van der Waals surface area contributed by atoms with Crippen molar-refractivity contribution in [2.24, 2.45) is 5.41 Å². The average Bonchev–Trinajstić information content (AvgIpc) is 3.05. The summed E-state index contributed by atoms with van der Waals surface area (Å²) in [6.45, 7) is 6.31. The van der Waals surface area contributed by atoms with Crippen LogP contribution in [0.5, 0.6) is 11.5 Å². The van der Waals surface area contributed by atoms with Crippen molar-refractivity contribution in [2.45, 2.75) is 32.7 Å². The molecule has 4 nitrogen and oxygen atoms in total. The Morgan fingerprint density at radius 3 is 2.54 bits per heavy atom. The van der Waals surface area contributed by atoms with Crippen LogP contribution in [0.25, 0.3) is 0 Å². The smallest absolute Gasteiger partial charge is 0.164 e. The van der Waals surface area contributed by atoms with Crippen molar-refractivity contribution in [2.75, 3.05) is 26.3 Å². The molecule has 2 unspecified atom stereocenters. The Balaban J connectivity index is 1.50. The SMILES string of the molecule is CC(c1cc2c(cc1F)OCCO2)N1CCC(C)(Cc2ncc(F)cc2F)C1. The zero-order valence-corrected chi connectivity index (χ0v) is 16.0. The van der Waals surface area contributed by atoms with Gasteiger partial charge in [-0.1, -0.05) is 6.92 Å². The Hall–Kier alpha value is -2.28. The van der Waals surface area contributed by atoms with Gasteiger partial charge in [0.1, 0.15) is 30.7 Å². The topological polar surface area (TPSA) is 34.6 Å². The molecule has 0 spiro atoms. The largest absolute Gasteiger partial charge is 0.486 e. The zero-order valence-electron chi connectivity index (χ0n) is 16.0. The van der Waals surface area contributed by atoms with Gasteiger partial charge in [0.05, 0.1) is 11.9 Å². The Labute approximate surface area is 162 Å². The molecule has 2 aliphatic heterocycles. The number of benzene rings is 1. The Morgan fingerprint density at radius 1 is 1.11 bits per heavy atom. The van der Waals surface area contributed by atoms with Gasteiger partial charge in [0.25, 0.3) is 0 Å². The maximum Gasteiger partial charge on any atom is 0.164 e. The first-order valence-corrected chi connectivity index (χ1v) is 9.48. The monoisotopic (exact) mass is 392 g/mol. The molecule has 2 aromatic rings. The number of nitrogens with zero attached hydrogens (tertiary/aromatic N) is 2. The highest BCUT2D eigenvalue weighted by Crippen LogP contribution is 2.41. The molecule has 3 heterocycles. The van der Waals surface area contributed by atoms with E-state index in [-0.39, 0.29) is 23.0 Å². The van der Waals surface area contributed by atoms with E-state index < -0.39 is 11.6 Å². The van der Waals surface area contributed by atoms with Crippen molar-refractivity contribution in [3.63, 3.8) is 0 Å². The van der Waals surface area contributed by atoms with Crippen LogP contribution in [0, 0.1) is 22.9 Å². The minimum atomic E-state index is -0.679. The lowest BCUT2D eigenvalue weighted by atomic mass is 9.84. The molecular formula is C21H23F3N2O2. The van der Waals surface area contributed by atoms with Crippen molar-refractivity contribution in [1.82, 2.24) is 9.88 Å². The van der Waals surface area contributed by atoms with E-state index in [9.17, 15) is 13.2 Å². The minimum absolute atomic E-state index is 0.163. The normalized spacial score (nSPS) is 23.0. The third-order valence-electron chi connectivity index (χ3n) is 5.72. The summed E-state index contributed by atoms with van der Waals surface area (Å²) in [4.78, 5) is 6.09. The van der Waals surface area contributed by atoms with Crippen molar-refractivity contribution >= 4 is 0 Å². The lowest BCUT2D eigenvalue weighted by Crippen LogP contribution is -2.30. The summed E-state index contributed by atoms with van der Waals surface area (Å²) in [5.41, 5.74) is 0.605. The van der Waals surface area contributed by atoms with Gasteiger partial charge in [-0.05, 0) is 37.8 Å². The van der Waals surface area contributed by atoms with Gasteiger partial charge >= 0.3 is 0 Å². The van der Waals surface area contributed by atoms with Crippen LogP contribution in [-0.4, -0.2) is 36.2 Å². The number of pyridine rings is 1. The van der Waals surface area contributed by atoms with Gasteiger partial charge in [0.2, 0.25) is 0 Å². The van der Waals surface area contributed by atoms with Gasteiger partial charge in [-0.25, -0.2) is 13.2 Å². The fourth-order valence-corrected chi connectivity index (χ4v) is 4.11. The molecule has 4 rings (SSSR count). The fraction of sp³-hybridized carbons (Fsp3) is 0.476. The fourth-order valence-electron chi connectivity index (χ4n) is 4.11. The van der Waals surface area contributed by atoms with E-state index in [1.807, 2.05) is 6.92 Å². The van der Waals surface area contributed by atoms with E-state index in [0.29, 0.717) is 43.2 Å². The number of hydrogen-bond acceptors (Lipinski definition) is 4. The van der Waals surface area contributed by atoms with E-state index in [0.717, 1.165) is 25.2 Å². The molecule has 0 radical (unpaired) electrons. The first-order chi connectivity index (χ1) is 13.3. The standard InChI is InChI=1S/C21H23F3N2O2/c1-13(15-8-19-20(9-16(15)23)28-6-5-27-19)26-4-3-21(2,12-26)10-18-17(24)7-14(22)11-25-18/h7-9,11,13H,3-6,10,12H2,1-2H3. The molecule has 1 aromatic carbocycles. The number of halogens is 3. The second-order valence-electron chi connectivity index (χ2n) is 7.98. The summed E-state index contributed by atoms with van der Waals surface area (Å²) >= 11 is 0. The number of rotatable bonds is 4. The van der Waals surface area contributed by atoms with E-state index >= 15 is 0 Å². The summed E-state index contributed by atoms with van der Waals surface area (Å²) in [7, 11) is 0. The summed E-state index contributed by atoms with van der Waals surface area (Å²) in [5, 5.41) is 0.